The van der Waals surface area contributed by atoms with E-state index in [2.05, 4.69) is 118 Å². The van der Waals surface area contributed by atoms with E-state index in [1.54, 1.807) is 0 Å². The van der Waals surface area contributed by atoms with Crippen molar-refractivity contribution in [1.82, 2.24) is 0 Å². The predicted molar refractivity (Wildman–Crippen MR) is 283 cm³/mol. The third kappa shape index (κ3) is 50.5. The molecular formula is C60H94O6. The second kappa shape index (κ2) is 53.2. The van der Waals surface area contributed by atoms with E-state index in [0.717, 1.165) is 116 Å². The van der Waals surface area contributed by atoms with Gasteiger partial charge in [0.15, 0.2) is 6.10 Å². The fourth-order valence-corrected chi connectivity index (χ4v) is 6.59. The van der Waals surface area contributed by atoms with E-state index in [0.29, 0.717) is 19.3 Å². The molecular weight excluding hydrogens is 817 g/mol. The Labute approximate surface area is 405 Å². The Bertz CT molecular complexity index is 1460. The molecule has 6 heteroatoms. The molecule has 0 aliphatic carbocycles. The first-order valence-electron chi connectivity index (χ1n) is 26.3. The summed E-state index contributed by atoms with van der Waals surface area (Å²) in [5, 5.41) is 0. The fraction of sp³-hybridized carbons (Fsp3) is 0.583. The Morgan fingerprint density at radius 1 is 0.333 bits per heavy atom. The van der Waals surface area contributed by atoms with Crippen LogP contribution in [0.5, 0.6) is 0 Å². The number of unbranched alkanes of at least 4 members (excludes halogenated alkanes) is 16. The zero-order valence-electron chi connectivity index (χ0n) is 42.1. The number of allylic oxidation sites excluding steroid dienone is 22. The second-order valence-corrected chi connectivity index (χ2v) is 16.8. The number of ether oxygens (including phenoxy) is 3. The van der Waals surface area contributed by atoms with Gasteiger partial charge in [0.05, 0.1) is 0 Å². The normalized spacial score (nSPS) is 13.2. The van der Waals surface area contributed by atoms with Crippen LogP contribution in [0.1, 0.15) is 207 Å². The molecule has 0 N–H and O–H groups in total. The molecule has 0 spiro atoms. The Hall–Kier alpha value is -4.45. The van der Waals surface area contributed by atoms with Crippen LogP contribution >= 0.6 is 0 Å². The van der Waals surface area contributed by atoms with Crippen molar-refractivity contribution in [2.24, 2.45) is 0 Å². The van der Waals surface area contributed by atoms with Gasteiger partial charge in [-0.2, -0.15) is 0 Å². The maximum absolute atomic E-state index is 12.8. The summed E-state index contributed by atoms with van der Waals surface area (Å²) < 4.78 is 16.7. The van der Waals surface area contributed by atoms with Crippen LogP contribution in [0.3, 0.4) is 0 Å². The fourth-order valence-electron chi connectivity index (χ4n) is 6.59. The van der Waals surface area contributed by atoms with Crippen molar-refractivity contribution >= 4 is 17.9 Å². The van der Waals surface area contributed by atoms with E-state index >= 15 is 0 Å². The Kier molecular flexibility index (Phi) is 49.6. The van der Waals surface area contributed by atoms with E-state index < -0.39 is 6.10 Å². The summed E-state index contributed by atoms with van der Waals surface area (Å²) in [7, 11) is 0. The monoisotopic (exact) mass is 911 g/mol. The summed E-state index contributed by atoms with van der Waals surface area (Å²) in [4.78, 5) is 38.0. The van der Waals surface area contributed by atoms with E-state index in [9.17, 15) is 14.4 Å². The summed E-state index contributed by atoms with van der Waals surface area (Å²) in [6.07, 6.45) is 74.4. The topological polar surface area (TPSA) is 78.9 Å². The average molecular weight is 911 g/mol. The Balaban J connectivity index is 4.56. The third-order valence-corrected chi connectivity index (χ3v) is 10.5. The van der Waals surface area contributed by atoms with Gasteiger partial charge in [-0.05, 0) is 109 Å². The zero-order chi connectivity index (χ0) is 47.9. The molecule has 6 nitrogen and oxygen atoms in total. The highest BCUT2D eigenvalue weighted by Gasteiger charge is 2.19. The molecule has 0 radical (unpaired) electrons. The Morgan fingerprint density at radius 3 is 1.12 bits per heavy atom. The molecule has 0 saturated carbocycles. The SMILES string of the molecule is CC\C=C/C=C\C=C/C=C\CCCCCC(=O)OCC(COC(=O)CCCCC/C=C\C/C=C\C/C=C\C/C=C\C/C=C\CC)OC(=O)CCCCC/C=C\C=C/CCCCCCCCC. The lowest BCUT2D eigenvalue weighted by atomic mass is 10.1. The highest BCUT2D eigenvalue weighted by atomic mass is 16.6. The lowest BCUT2D eigenvalue weighted by Gasteiger charge is -2.18. The van der Waals surface area contributed by atoms with Crippen molar-refractivity contribution in [2.75, 3.05) is 13.2 Å². The molecule has 370 valence electrons. The molecule has 0 fully saturated rings. The predicted octanol–water partition coefficient (Wildman–Crippen LogP) is 17.5. The highest BCUT2D eigenvalue weighted by Crippen LogP contribution is 2.12. The first-order valence-corrected chi connectivity index (χ1v) is 26.3. The van der Waals surface area contributed by atoms with Gasteiger partial charge in [-0.3, -0.25) is 14.4 Å². The second-order valence-electron chi connectivity index (χ2n) is 16.8. The van der Waals surface area contributed by atoms with Crippen LogP contribution in [0.2, 0.25) is 0 Å². The molecule has 0 bridgehead atoms. The van der Waals surface area contributed by atoms with Gasteiger partial charge in [0.2, 0.25) is 0 Å². The quantitative estimate of drug-likeness (QED) is 0.0199. The first kappa shape index (κ1) is 61.5. The van der Waals surface area contributed by atoms with Crippen molar-refractivity contribution in [3.05, 3.63) is 134 Å². The van der Waals surface area contributed by atoms with Crippen LogP contribution in [-0.2, 0) is 28.6 Å². The van der Waals surface area contributed by atoms with E-state index in [4.69, 9.17) is 14.2 Å². The van der Waals surface area contributed by atoms with Crippen LogP contribution in [0.15, 0.2) is 134 Å². The maximum atomic E-state index is 12.8. The highest BCUT2D eigenvalue weighted by molar-refractivity contribution is 5.71. The maximum Gasteiger partial charge on any atom is 0.306 e. The van der Waals surface area contributed by atoms with Gasteiger partial charge in [-0.1, -0.05) is 212 Å². The molecule has 0 aromatic carbocycles. The smallest absolute Gasteiger partial charge is 0.306 e. The summed E-state index contributed by atoms with van der Waals surface area (Å²) in [5.41, 5.74) is 0. The molecule has 0 saturated heterocycles. The standard InChI is InChI=1S/C60H94O6/c1-4-7-10-13-16-19-22-25-27-29-30-31-33-35-38-41-44-47-50-53-59(62)65-56-57(55-64-58(61)52-49-46-43-40-37-34-24-21-18-15-12-9-6-3)66-60(63)54-51-48-45-42-39-36-32-28-26-23-20-17-14-11-8-5-2/h7,9-10,12,15-16,18-19,21,24-25,27-28,30-32,34-39,57H,4-6,8,11,13-14,17,20,22-23,26,29,33,40-56H2,1-3H3/b10-7-,12-9-,18-15-,19-16-,24-21-,27-25-,31-30-,32-28-,37-34-,38-35-,39-36-. The molecule has 66 heavy (non-hydrogen) atoms. The summed E-state index contributed by atoms with van der Waals surface area (Å²) in [6.45, 7) is 6.27. The van der Waals surface area contributed by atoms with Crippen molar-refractivity contribution in [3.8, 4) is 0 Å². The molecule has 0 heterocycles. The summed E-state index contributed by atoms with van der Waals surface area (Å²) in [6, 6.07) is 0. The molecule has 0 aromatic heterocycles. The number of carbonyl (C=O) groups is 3. The van der Waals surface area contributed by atoms with Crippen LogP contribution in [0.25, 0.3) is 0 Å². The van der Waals surface area contributed by atoms with Crippen LogP contribution < -0.4 is 0 Å². The van der Waals surface area contributed by atoms with Gasteiger partial charge in [0.1, 0.15) is 13.2 Å². The Morgan fingerprint density at radius 2 is 0.667 bits per heavy atom. The molecule has 0 rings (SSSR count). The lowest BCUT2D eigenvalue weighted by Crippen LogP contribution is -2.30. The van der Waals surface area contributed by atoms with Crippen LogP contribution in [-0.4, -0.2) is 37.2 Å². The van der Waals surface area contributed by atoms with Gasteiger partial charge in [0, 0.05) is 19.3 Å². The first-order chi connectivity index (χ1) is 32.5. The molecule has 0 aliphatic rings. The minimum Gasteiger partial charge on any atom is -0.462 e. The summed E-state index contributed by atoms with van der Waals surface area (Å²) in [5.74, 6) is -1.03. The van der Waals surface area contributed by atoms with Crippen molar-refractivity contribution in [3.63, 3.8) is 0 Å². The third-order valence-electron chi connectivity index (χ3n) is 10.5. The number of hydrogen-bond donors (Lipinski definition) is 0. The largest absolute Gasteiger partial charge is 0.462 e. The molecule has 0 aliphatic heterocycles. The number of carbonyl (C=O) groups excluding carboxylic acids is 3. The van der Waals surface area contributed by atoms with Crippen molar-refractivity contribution < 1.29 is 28.6 Å². The van der Waals surface area contributed by atoms with E-state index in [1.165, 1.54) is 44.9 Å². The van der Waals surface area contributed by atoms with Gasteiger partial charge in [0.25, 0.3) is 0 Å². The lowest BCUT2D eigenvalue weighted by molar-refractivity contribution is -0.167. The van der Waals surface area contributed by atoms with E-state index in [1.807, 2.05) is 36.5 Å². The van der Waals surface area contributed by atoms with Gasteiger partial charge >= 0.3 is 17.9 Å². The van der Waals surface area contributed by atoms with Crippen molar-refractivity contribution in [1.29, 1.82) is 0 Å². The van der Waals surface area contributed by atoms with Gasteiger partial charge < -0.3 is 14.2 Å². The number of rotatable bonds is 45. The number of esters is 3. The van der Waals surface area contributed by atoms with Gasteiger partial charge in [-0.25, -0.2) is 0 Å². The minimum absolute atomic E-state index is 0.124. The summed E-state index contributed by atoms with van der Waals surface area (Å²) >= 11 is 0. The minimum atomic E-state index is -0.827. The van der Waals surface area contributed by atoms with Crippen LogP contribution in [0, 0.1) is 0 Å². The molecule has 1 unspecified atom stereocenters. The van der Waals surface area contributed by atoms with Gasteiger partial charge in [-0.15, -0.1) is 0 Å². The number of hydrogen-bond acceptors (Lipinski definition) is 6. The molecule has 0 aromatic rings. The average Bonchev–Trinajstić information content (AvgIpc) is 3.31. The molecule has 0 amide bonds. The zero-order valence-corrected chi connectivity index (χ0v) is 42.1. The molecule has 1 atom stereocenters. The van der Waals surface area contributed by atoms with Crippen molar-refractivity contribution in [2.45, 2.75) is 213 Å². The van der Waals surface area contributed by atoms with E-state index in [-0.39, 0.29) is 37.5 Å². The van der Waals surface area contributed by atoms with Crippen LogP contribution in [0.4, 0.5) is 0 Å².